The van der Waals surface area contributed by atoms with Crippen LogP contribution in [-0.2, 0) is 20.7 Å². The number of hydrogen-bond donors (Lipinski definition) is 3. The number of phenolic OH excluding ortho intramolecular Hbond substituents is 2. The molecular weight excluding hydrogens is 492 g/mol. The van der Waals surface area contributed by atoms with E-state index in [0.29, 0.717) is 10.0 Å². The summed E-state index contributed by atoms with van der Waals surface area (Å²) in [7, 11) is 1.17. The monoisotopic (exact) mass is 500 g/mol. The van der Waals surface area contributed by atoms with E-state index in [1.807, 2.05) is 0 Å². The first-order valence-electron chi connectivity index (χ1n) is 5.77. The van der Waals surface area contributed by atoms with Crippen molar-refractivity contribution < 1.29 is 29.6 Å². The van der Waals surface area contributed by atoms with Gasteiger partial charge in [-0.15, -0.1) is 0 Å². The second kappa shape index (κ2) is 7.98. The number of allylic oxidation sites excluding steroid dienone is 1. The third-order valence-electron chi connectivity index (χ3n) is 2.75. The summed E-state index contributed by atoms with van der Waals surface area (Å²) in [5, 5.41) is 28.6. The Balaban J connectivity index is 3.21. The molecule has 0 unspecified atom stereocenters. The van der Waals surface area contributed by atoms with Crippen molar-refractivity contribution in [3.05, 3.63) is 30.6 Å². The molecule has 0 aliphatic carbocycles. The van der Waals surface area contributed by atoms with Gasteiger partial charge in [-0.1, -0.05) is 6.08 Å². The zero-order valence-electron chi connectivity index (χ0n) is 11.2. The van der Waals surface area contributed by atoms with Crippen LogP contribution in [0.15, 0.2) is 25.1 Å². The molecule has 0 spiro atoms. The molecule has 0 saturated carbocycles. The van der Waals surface area contributed by atoms with Crippen LogP contribution in [0.1, 0.15) is 12.0 Å². The van der Waals surface area contributed by atoms with Gasteiger partial charge in [-0.2, -0.15) is 0 Å². The highest BCUT2D eigenvalue weighted by Gasteiger charge is 2.20. The van der Waals surface area contributed by atoms with Gasteiger partial charge in [-0.25, -0.2) is 4.79 Å². The van der Waals surface area contributed by atoms with E-state index in [2.05, 4.69) is 52.5 Å². The van der Waals surface area contributed by atoms with Crippen LogP contribution < -0.4 is 0 Å². The van der Waals surface area contributed by atoms with E-state index in [-0.39, 0.29) is 38.9 Å². The summed E-state index contributed by atoms with van der Waals surface area (Å²) < 4.78 is 5.35. The van der Waals surface area contributed by atoms with Gasteiger partial charge in [-0.3, -0.25) is 4.79 Å². The van der Waals surface area contributed by atoms with Crippen LogP contribution in [0.2, 0.25) is 0 Å². The van der Waals surface area contributed by atoms with E-state index in [1.54, 1.807) is 0 Å². The molecule has 0 aliphatic rings. The molecule has 0 amide bonds. The minimum Gasteiger partial charge on any atom is -0.503 e. The molecule has 0 aromatic heterocycles. The number of aromatic hydroxyl groups is 2. The lowest BCUT2D eigenvalue weighted by Gasteiger charge is -2.12. The SMILES string of the molecule is COC(=O)CC(=CCc1c(Br)c(O)c(O)c(Br)c1Br)C(=O)O. The summed E-state index contributed by atoms with van der Waals surface area (Å²) in [6.07, 6.45) is 1.07. The number of carbonyl (C=O) groups is 2. The summed E-state index contributed by atoms with van der Waals surface area (Å²) in [4.78, 5) is 22.3. The van der Waals surface area contributed by atoms with Crippen molar-refractivity contribution in [1.29, 1.82) is 0 Å². The second-order valence-corrected chi connectivity index (χ2v) is 6.49. The van der Waals surface area contributed by atoms with Crippen molar-refractivity contribution in [3.8, 4) is 11.5 Å². The number of benzene rings is 1. The van der Waals surface area contributed by atoms with E-state index in [0.717, 1.165) is 0 Å². The number of carbonyl (C=O) groups excluding carboxylic acids is 1. The Kier molecular flexibility index (Phi) is 6.89. The largest absolute Gasteiger partial charge is 0.503 e. The summed E-state index contributed by atoms with van der Waals surface area (Å²) in [6, 6.07) is 0. The molecule has 9 heteroatoms. The number of aliphatic carboxylic acids is 1. The van der Waals surface area contributed by atoms with Crippen molar-refractivity contribution in [1.82, 2.24) is 0 Å². The first-order chi connectivity index (χ1) is 10.2. The quantitative estimate of drug-likeness (QED) is 0.246. The van der Waals surface area contributed by atoms with Gasteiger partial charge in [0.25, 0.3) is 0 Å². The van der Waals surface area contributed by atoms with Crippen molar-refractivity contribution in [2.75, 3.05) is 7.11 Å². The van der Waals surface area contributed by atoms with E-state index in [9.17, 15) is 19.8 Å². The lowest BCUT2D eigenvalue weighted by molar-refractivity contribution is -0.142. The molecular formula is C13H11Br3O6. The Morgan fingerprint density at radius 2 is 1.64 bits per heavy atom. The van der Waals surface area contributed by atoms with Gasteiger partial charge in [0.1, 0.15) is 0 Å². The summed E-state index contributed by atoms with van der Waals surface area (Å²) >= 11 is 9.50. The minimum absolute atomic E-state index is 0.103. The number of esters is 1. The number of hydrogen-bond acceptors (Lipinski definition) is 5. The molecule has 120 valence electrons. The van der Waals surface area contributed by atoms with Crippen LogP contribution in [0.25, 0.3) is 0 Å². The van der Waals surface area contributed by atoms with Crippen LogP contribution in [-0.4, -0.2) is 34.4 Å². The van der Waals surface area contributed by atoms with Crippen molar-refractivity contribution in [2.24, 2.45) is 0 Å². The molecule has 3 N–H and O–H groups in total. The van der Waals surface area contributed by atoms with Gasteiger partial charge in [0.2, 0.25) is 0 Å². The van der Waals surface area contributed by atoms with Crippen LogP contribution in [0.3, 0.4) is 0 Å². The Labute approximate surface area is 151 Å². The van der Waals surface area contributed by atoms with Crippen molar-refractivity contribution in [3.63, 3.8) is 0 Å². The molecule has 6 nitrogen and oxygen atoms in total. The number of methoxy groups -OCH3 is 1. The Hall–Kier alpha value is -1.06. The van der Waals surface area contributed by atoms with Gasteiger partial charge in [-0.05, 0) is 59.8 Å². The van der Waals surface area contributed by atoms with Crippen molar-refractivity contribution >= 4 is 59.7 Å². The highest BCUT2D eigenvalue weighted by Crippen LogP contribution is 2.47. The fraction of sp³-hybridized carbons (Fsp3) is 0.231. The molecule has 1 rings (SSSR count). The maximum absolute atomic E-state index is 11.2. The zero-order chi connectivity index (χ0) is 17.0. The van der Waals surface area contributed by atoms with Gasteiger partial charge < -0.3 is 20.1 Å². The summed E-state index contributed by atoms with van der Waals surface area (Å²) in [5.74, 6) is -2.62. The predicted molar refractivity (Wildman–Crippen MR) is 88.9 cm³/mol. The Morgan fingerprint density at radius 3 is 2.14 bits per heavy atom. The predicted octanol–water partition coefficient (Wildman–Crippen LogP) is 3.50. The van der Waals surface area contributed by atoms with Crippen LogP contribution in [0.4, 0.5) is 0 Å². The normalized spacial score (nSPS) is 11.4. The molecule has 0 heterocycles. The van der Waals surface area contributed by atoms with E-state index in [4.69, 9.17) is 5.11 Å². The van der Waals surface area contributed by atoms with Gasteiger partial charge in [0, 0.05) is 10.0 Å². The first-order valence-corrected chi connectivity index (χ1v) is 8.14. The Morgan fingerprint density at radius 1 is 1.09 bits per heavy atom. The third-order valence-corrected chi connectivity index (χ3v) is 5.79. The maximum Gasteiger partial charge on any atom is 0.331 e. The highest BCUT2D eigenvalue weighted by atomic mass is 79.9. The average molecular weight is 503 g/mol. The minimum atomic E-state index is -1.24. The number of carboxylic acids is 1. The Bertz CT molecular complexity index is 625. The zero-order valence-corrected chi connectivity index (χ0v) is 15.9. The lowest BCUT2D eigenvalue weighted by Crippen LogP contribution is -2.09. The molecule has 0 atom stereocenters. The first kappa shape index (κ1) is 19.0. The highest BCUT2D eigenvalue weighted by molar-refractivity contribution is 9.13. The molecule has 22 heavy (non-hydrogen) atoms. The molecule has 0 saturated heterocycles. The molecule has 0 radical (unpaired) electrons. The molecule has 1 aromatic carbocycles. The number of rotatable bonds is 5. The number of ether oxygens (including phenoxy) is 1. The van der Waals surface area contributed by atoms with E-state index < -0.39 is 11.9 Å². The summed E-state index contributed by atoms with van der Waals surface area (Å²) in [6.45, 7) is 0. The van der Waals surface area contributed by atoms with Gasteiger partial charge in [0.05, 0.1) is 22.5 Å². The van der Waals surface area contributed by atoms with Gasteiger partial charge in [0.15, 0.2) is 11.5 Å². The fourth-order valence-electron chi connectivity index (χ4n) is 1.55. The standard InChI is InChI=1S/C13H11Br3O6/c1-22-7(17)4-5(13(20)21)2-3-6-8(14)10(16)12(19)11(18)9(6)15/h2,18-19H,3-4H2,1H3,(H,20,21). The molecule has 0 fully saturated rings. The molecule has 1 aromatic rings. The van der Waals surface area contributed by atoms with Crippen LogP contribution in [0.5, 0.6) is 11.5 Å². The average Bonchev–Trinajstić information content (AvgIpc) is 2.49. The number of halogens is 3. The lowest BCUT2D eigenvalue weighted by atomic mass is 10.1. The summed E-state index contributed by atoms with van der Waals surface area (Å²) in [5.41, 5.74) is 0.375. The van der Waals surface area contributed by atoms with E-state index in [1.165, 1.54) is 13.2 Å². The number of phenols is 2. The van der Waals surface area contributed by atoms with Gasteiger partial charge >= 0.3 is 11.9 Å². The smallest absolute Gasteiger partial charge is 0.331 e. The van der Waals surface area contributed by atoms with Crippen molar-refractivity contribution in [2.45, 2.75) is 12.8 Å². The molecule has 0 aliphatic heterocycles. The second-order valence-electron chi connectivity index (χ2n) is 4.11. The fourth-order valence-corrected chi connectivity index (χ4v) is 3.34. The van der Waals surface area contributed by atoms with Crippen LogP contribution >= 0.6 is 47.8 Å². The number of carboxylic acid groups (broad SMARTS) is 1. The topological polar surface area (TPSA) is 104 Å². The molecule has 0 bridgehead atoms. The van der Waals surface area contributed by atoms with Crippen LogP contribution in [0, 0.1) is 0 Å². The van der Waals surface area contributed by atoms with E-state index >= 15 is 0 Å². The maximum atomic E-state index is 11.2. The third kappa shape index (κ3) is 4.23.